The molecule has 58 heavy (non-hydrogen) atoms. The molecule has 0 radical (unpaired) electrons. The van der Waals surface area contributed by atoms with Crippen molar-refractivity contribution >= 4 is 50.7 Å². The number of carbonyl (C=O) groups is 2. The highest BCUT2D eigenvalue weighted by Crippen LogP contribution is 2.32. The molecular weight excluding hydrogens is 798 g/mol. The van der Waals surface area contributed by atoms with Crippen LogP contribution >= 0.6 is 11.8 Å². The minimum atomic E-state index is -4.74. The van der Waals surface area contributed by atoms with Crippen LogP contribution in [-0.4, -0.2) is 78.6 Å². The van der Waals surface area contributed by atoms with Gasteiger partial charge in [0.2, 0.25) is 0 Å². The van der Waals surface area contributed by atoms with Gasteiger partial charge in [-0.25, -0.2) is 13.1 Å². The van der Waals surface area contributed by atoms with E-state index in [-0.39, 0.29) is 46.8 Å². The van der Waals surface area contributed by atoms with E-state index >= 15 is 0 Å². The minimum Gasteiger partial charge on any atom is -0.506 e. The molecule has 1 fully saturated rings. The normalized spacial score (nSPS) is 12.9. The number of hydrogen-bond acceptors (Lipinski definition) is 11. The first-order valence-corrected chi connectivity index (χ1v) is 19.9. The van der Waals surface area contributed by atoms with Gasteiger partial charge in [0.1, 0.15) is 11.4 Å². The third-order valence-corrected chi connectivity index (χ3v) is 11.1. The third kappa shape index (κ3) is 10.4. The van der Waals surface area contributed by atoms with Gasteiger partial charge in [0, 0.05) is 83.6 Å². The smallest absolute Gasteiger partial charge is 0.416 e. The first-order valence-electron chi connectivity index (χ1n) is 17.5. The van der Waals surface area contributed by atoms with Crippen molar-refractivity contribution in [3.63, 3.8) is 0 Å². The molecule has 1 saturated heterocycles. The van der Waals surface area contributed by atoms with Crippen LogP contribution in [0.25, 0.3) is 0 Å². The second kappa shape index (κ2) is 17.7. The monoisotopic (exact) mass is 830 g/mol. The molecule has 1 aromatic heterocycles. The molecule has 0 atom stereocenters. The zero-order valence-electron chi connectivity index (χ0n) is 30.3. The van der Waals surface area contributed by atoms with E-state index in [0.717, 1.165) is 23.1 Å². The minimum absolute atomic E-state index is 0.00591. The predicted octanol–water partition coefficient (Wildman–Crippen LogP) is 6.40. The molecule has 0 bridgehead atoms. The molecule has 5 aromatic rings. The molecule has 1 aliphatic rings. The number of aromatic nitrogens is 1. The van der Waals surface area contributed by atoms with Crippen LogP contribution in [0.4, 0.5) is 30.2 Å². The molecule has 0 saturated carbocycles. The molecule has 18 heteroatoms. The number of nitrogens with one attached hydrogen (secondary N) is 2. The molecule has 3 N–H and O–H groups in total. The molecule has 1 aliphatic heterocycles. The lowest BCUT2D eigenvalue weighted by atomic mass is 10.0. The number of benzene rings is 4. The van der Waals surface area contributed by atoms with E-state index in [2.05, 4.69) is 22.1 Å². The number of carbonyl (C=O) groups excluding carboxylic acids is 2. The number of amides is 2. The Labute approximate surface area is 335 Å². The Hall–Kier alpha value is -6.58. The molecule has 13 nitrogen and oxygen atoms in total. The molecule has 2 heterocycles. The van der Waals surface area contributed by atoms with Crippen molar-refractivity contribution in [3.8, 4) is 17.6 Å². The van der Waals surface area contributed by atoms with Crippen molar-refractivity contribution in [3.05, 3.63) is 147 Å². The summed E-state index contributed by atoms with van der Waals surface area (Å²) >= 11 is 1.55. The number of hydrogen-bond donors (Lipinski definition) is 3. The van der Waals surface area contributed by atoms with Gasteiger partial charge in [-0.05, 0) is 72.8 Å². The molecular formula is C40H33F3N6O7S2. The highest BCUT2D eigenvalue weighted by atomic mass is 32.2. The third-order valence-electron chi connectivity index (χ3n) is 8.78. The lowest BCUT2D eigenvalue weighted by Gasteiger charge is -2.36. The standard InChI is InChI=1S/C40H33F3N6O7S2/c41-40(42,43)31-21-27(6-7-28-22-33(50)26-44-25-28)20-30(23-31)39(52)48-17-15-47(16-18-48)32-10-8-29(9-11-32)38(51)46-58(55,56)35-12-13-36(37(24-35)49(53)54)45-14-19-57-34-4-2-1-3-5-34/h1-5,8-13,20-26,45,50H,14-19H2,(H,46,51). The second-order valence-corrected chi connectivity index (χ2v) is 15.6. The SMILES string of the molecule is O=C(NS(=O)(=O)c1ccc(NCCSc2ccccc2)c([N+](=O)[O-])c1)c1ccc(N2CCN(C(=O)c3cc(C#Cc4cncc(O)c4)cc(C(F)(F)F)c3)CC2)cc1. The number of nitrogens with zero attached hydrogens (tertiary/aromatic N) is 4. The van der Waals surface area contributed by atoms with Gasteiger partial charge >= 0.3 is 6.18 Å². The van der Waals surface area contributed by atoms with Crippen molar-refractivity contribution in [2.45, 2.75) is 16.0 Å². The van der Waals surface area contributed by atoms with E-state index < -0.39 is 49.1 Å². The summed E-state index contributed by atoms with van der Waals surface area (Å²) in [5.41, 5.74) is -0.716. The molecule has 298 valence electrons. The van der Waals surface area contributed by atoms with Crippen LogP contribution in [0.3, 0.4) is 0 Å². The van der Waals surface area contributed by atoms with Crippen LogP contribution in [0.5, 0.6) is 5.75 Å². The maximum Gasteiger partial charge on any atom is 0.416 e. The van der Waals surface area contributed by atoms with Crippen LogP contribution < -0.4 is 14.9 Å². The Kier molecular flexibility index (Phi) is 12.5. The van der Waals surface area contributed by atoms with E-state index in [1.54, 1.807) is 23.9 Å². The van der Waals surface area contributed by atoms with Gasteiger partial charge in [-0.3, -0.25) is 24.7 Å². The Bertz CT molecular complexity index is 2500. The van der Waals surface area contributed by atoms with Crippen molar-refractivity contribution in [1.82, 2.24) is 14.6 Å². The van der Waals surface area contributed by atoms with Crippen molar-refractivity contribution in [1.29, 1.82) is 0 Å². The Morgan fingerprint density at radius 2 is 1.59 bits per heavy atom. The first kappa shape index (κ1) is 41.1. The Morgan fingerprint density at radius 3 is 2.26 bits per heavy atom. The second-order valence-electron chi connectivity index (χ2n) is 12.8. The number of pyridine rings is 1. The molecule has 0 unspecified atom stereocenters. The fourth-order valence-corrected chi connectivity index (χ4v) is 7.67. The molecule has 6 rings (SSSR count). The van der Waals surface area contributed by atoms with E-state index in [1.165, 1.54) is 53.7 Å². The highest BCUT2D eigenvalue weighted by Gasteiger charge is 2.33. The summed E-state index contributed by atoms with van der Waals surface area (Å²) in [7, 11) is -4.51. The maximum atomic E-state index is 13.8. The van der Waals surface area contributed by atoms with Crippen LogP contribution in [0, 0.1) is 22.0 Å². The zero-order valence-corrected chi connectivity index (χ0v) is 31.9. The number of nitro benzene ring substituents is 1. The average Bonchev–Trinajstić information content (AvgIpc) is 3.21. The van der Waals surface area contributed by atoms with Crippen molar-refractivity contribution in [2.75, 3.05) is 48.7 Å². The summed E-state index contributed by atoms with van der Waals surface area (Å²) in [6.07, 6.45) is -2.22. The van der Waals surface area contributed by atoms with E-state index in [0.29, 0.717) is 31.1 Å². The number of anilines is 2. The average molecular weight is 831 g/mol. The van der Waals surface area contributed by atoms with Crippen LogP contribution in [0.15, 0.2) is 119 Å². The van der Waals surface area contributed by atoms with E-state index in [9.17, 15) is 46.4 Å². The first-order chi connectivity index (χ1) is 27.7. The summed E-state index contributed by atoms with van der Waals surface area (Å²) in [5.74, 6) is 4.11. The van der Waals surface area contributed by atoms with Crippen molar-refractivity contribution < 1.29 is 41.2 Å². The van der Waals surface area contributed by atoms with Gasteiger partial charge in [0.25, 0.3) is 27.5 Å². The van der Waals surface area contributed by atoms with Gasteiger partial charge in [-0.1, -0.05) is 30.0 Å². The van der Waals surface area contributed by atoms with Crippen molar-refractivity contribution in [2.24, 2.45) is 0 Å². The Balaban J connectivity index is 1.06. The topological polar surface area (TPSA) is 175 Å². The Morgan fingerprint density at radius 1 is 0.879 bits per heavy atom. The summed E-state index contributed by atoms with van der Waals surface area (Å²) in [6, 6.07) is 23.1. The summed E-state index contributed by atoms with van der Waals surface area (Å²) in [6.45, 7) is 1.30. The fourth-order valence-electron chi connectivity index (χ4n) is 5.89. The van der Waals surface area contributed by atoms with Gasteiger partial charge in [-0.15, -0.1) is 11.8 Å². The largest absolute Gasteiger partial charge is 0.506 e. The maximum absolute atomic E-state index is 13.8. The lowest BCUT2D eigenvalue weighted by Crippen LogP contribution is -2.48. The number of thioether (sulfide) groups is 1. The number of sulfonamides is 1. The van der Waals surface area contributed by atoms with Crippen LogP contribution in [-0.2, 0) is 16.2 Å². The number of piperazine rings is 1. The molecule has 0 spiro atoms. The molecule has 4 aromatic carbocycles. The summed E-state index contributed by atoms with van der Waals surface area (Å²) < 4.78 is 69.5. The summed E-state index contributed by atoms with van der Waals surface area (Å²) in [5, 5.41) is 24.4. The number of alkyl halides is 3. The number of halogens is 3. The predicted molar refractivity (Wildman–Crippen MR) is 211 cm³/mol. The highest BCUT2D eigenvalue weighted by molar-refractivity contribution is 7.99. The summed E-state index contributed by atoms with van der Waals surface area (Å²) in [4.78, 5) is 45.2. The van der Waals surface area contributed by atoms with Gasteiger partial charge < -0.3 is 20.2 Å². The van der Waals surface area contributed by atoms with Gasteiger partial charge in [0.15, 0.2) is 0 Å². The van der Waals surface area contributed by atoms with Gasteiger partial charge in [0.05, 0.1) is 21.6 Å². The van der Waals surface area contributed by atoms with E-state index in [1.807, 2.05) is 40.0 Å². The lowest BCUT2D eigenvalue weighted by molar-refractivity contribution is -0.384. The number of nitro groups is 1. The number of aromatic hydroxyl groups is 1. The molecule has 2 amide bonds. The quantitative estimate of drug-likeness (QED) is 0.0442. The van der Waals surface area contributed by atoms with Gasteiger partial charge in [-0.2, -0.15) is 13.2 Å². The van der Waals surface area contributed by atoms with E-state index in [4.69, 9.17) is 0 Å². The fraction of sp³-hybridized carbons (Fsp3) is 0.175. The molecule has 0 aliphatic carbocycles. The number of rotatable bonds is 11. The van der Waals surface area contributed by atoms with Crippen LogP contribution in [0.2, 0.25) is 0 Å². The zero-order chi connectivity index (χ0) is 41.5. The van der Waals surface area contributed by atoms with Crippen LogP contribution in [0.1, 0.15) is 37.4 Å².